The molecule has 0 spiro atoms. The summed E-state index contributed by atoms with van der Waals surface area (Å²) in [6.45, 7) is 0. The minimum atomic E-state index is 1.00. The van der Waals surface area contributed by atoms with Gasteiger partial charge in [0.2, 0.25) is 0 Å². The summed E-state index contributed by atoms with van der Waals surface area (Å²) in [6.07, 6.45) is 5.69. The van der Waals surface area contributed by atoms with Crippen molar-refractivity contribution < 1.29 is 0 Å². The van der Waals surface area contributed by atoms with E-state index in [1.807, 2.05) is 36.8 Å². The third-order valence-corrected chi connectivity index (χ3v) is 11.5. The molecule has 0 bridgehead atoms. The van der Waals surface area contributed by atoms with E-state index < -0.39 is 0 Å². The van der Waals surface area contributed by atoms with Crippen molar-refractivity contribution in [3.8, 4) is 27.9 Å². The predicted octanol–water partition coefficient (Wildman–Crippen LogP) is 13.2. The molecule has 0 aliphatic heterocycles. The average Bonchev–Trinajstić information content (AvgIpc) is 3.58. The molecule has 0 unspecified atom stereocenters. The number of rotatable bonds is 3. The summed E-state index contributed by atoms with van der Waals surface area (Å²) < 4.78 is 2.44. The molecule has 0 radical (unpaired) electrons. The standard InChI is InChI=1S/C51H30N4/c1-7-31-16-19-34-10-4-26-52-49(34)46(31)39(13-1)37-22-24-43-41(29-37)42-30-38(40-14-2-8-32-17-20-35-11-5-27-53-50(35)47(32)40)23-25-44(42)55(43)45-15-3-9-33-18-21-36-12-6-28-54-51(36)48(33)45/h1-30H. The number of aromatic nitrogens is 4. The highest BCUT2D eigenvalue weighted by Crippen LogP contribution is 2.42. The Labute approximate surface area is 315 Å². The van der Waals surface area contributed by atoms with E-state index in [-0.39, 0.29) is 0 Å². The molecule has 4 aromatic heterocycles. The summed E-state index contributed by atoms with van der Waals surface area (Å²) in [5, 5.41) is 12.8. The predicted molar refractivity (Wildman–Crippen MR) is 230 cm³/mol. The Kier molecular flexibility index (Phi) is 6.31. The molecule has 0 N–H and O–H groups in total. The van der Waals surface area contributed by atoms with Crippen molar-refractivity contribution in [1.29, 1.82) is 0 Å². The van der Waals surface area contributed by atoms with Crippen molar-refractivity contribution in [1.82, 2.24) is 19.5 Å². The Morgan fingerprint density at radius 3 is 1.22 bits per heavy atom. The molecule has 12 rings (SSSR count). The monoisotopic (exact) mass is 698 g/mol. The number of fused-ring (bicyclic) bond motifs is 12. The van der Waals surface area contributed by atoms with E-state index in [2.05, 4.69) is 150 Å². The van der Waals surface area contributed by atoms with Crippen molar-refractivity contribution in [2.24, 2.45) is 0 Å². The van der Waals surface area contributed by atoms with Crippen LogP contribution in [0.5, 0.6) is 0 Å². The van der Waals surface area contributed by atoms with Crippen LogP contribution in [0.15, 0.2) is 182 Å². The van der Waals surface area contributed by atoms with Gasteiger partial charge in [-0.15, -0.1) is 0 Å². The molecule has 4 nitrogen and oxygen atoms in total. The van der Waals surface area contributed by atoms with Crippen LogP contribution in [0, 0.1) is 0 Å². The Hall–Kier alpha value is -7.43. The highest BCUT2D eigenvalue weighted by atomic mass is 15.0. The fraction of sp³-hybridized carbons (Fsp3) is 0. The summed E-state index contributed by atoms with van der Waals surface area (Å²) in [6, 6.07) is 59.3. The van der Waals surface area contributed by atoms with Gasteiger partial charge in [-0.1, -0.05) is 115 Å². The summed E-state index contributed by atoms with van der Waals surface area (Å²) in [5.41, 5.74) is 11.1. The Morgan fingerprint density at radius 1 is 0.327 bits per heavy atom. The van der Waals surface area contributed by atoms with Gasteiger partial charge in [0.25, 0.3) is 0 Å². The van der Waals surface area contributed by atoms with Gasteiger partial charge in [0.1, 0.15) is 0 Å². The van der Waals surface area contributed by atoms with Gasteiger partial charge in [0.05, 0.1) is 33.3 Å². The average molecular weight is 699 g/mol. The third kappa shape index (κ3) is 4.43. The summed E-state index contributed by atoms with van der Waals surface area (Å²) in [7, 11) is 0. The van der Waals surface area contributed by atoms with E-state index in [0.29, 0.717) is 0 Å². The molecule has 254 valence electrons. The first kappa shape index (κ1) is 30.1. The quantitative estimate of drug-likeness (QED) is 0.173. The molecule has 0 saturated heterocycles. The number of nitrogens with zero attached hydrogens (tertiary/aromatic N) is 4. The maximum absolute atomic E-state index is 4.93. The summed E-state index contributed by atoms with van der Waals surface area (Å²) >= 11 is 0. The Balaban J connectivity index is 1.19. The summed E-state index contributed by atoms with van der Waals surface area (Å²) in [4.78, 5) is 14.7. The van der Waals surface area contributed by atoms with Crippen molar-refractivity contribution in [2.75, 3.05) is 0 Å². The number of benzene rings is 8. The first-order chi connectivity index (χ1) is 27.3. The first-order valence-electron chi connectivity index (χ1n) is 18.7. The van der Waals surface area contributed by atoms with Gasteiger partial charge >= 0.3 is 0 Å². The Bertz CT molecular complexity index is 3380. The fourth-order valence-corrected chi connectivity index (χ4v) is 9.01. The second kappa shape index (κ2) is 11.5. The van der Waals surface area contributed by atoms with E-state index in [9.17, 15) is 0 Å². The van der Waals surface area contributed by atoms with Crippen molar-refractivity contribution >= 4 is 86.8 Å². The zero-order valence-corrected chi connectivity index (χ0v) is 29.6. The maximum atomic E-state index is 4.93. The zero-order valence-electron chi connectivity index (χ0n) is 29.6. The number of hydrogen-bond donors (Lipinski definition) is 0. The molecule has 0 aliphatic carbocycles. The van der Waals surface area contributed by atoms with E-state index in [0.717, 1.165) is 71.3 Å². The first-order valence-corrected chi connectivity index (χ1v) is 18.7. The summed E-state index contributed by atoms with van der Waals surface area (Å²) in [5.74, 6) is 0. The SMILES string of the molecule is c1cnc2c(c1)ccc1cccc(-c3ccc4c(c3)c3cc(-c5cccc6ccc7cccnc7c56)ccc3n4-c3cccc4ccc5cccnc5c34)c12. The lowest BCUT2D eigenvalue weighted by Gasteiger charge is -2.14. The van der Waals surface area contributed by atoms with Gasteiger partial charge in [-0.05, 0) is 86.9 Å². The van der Waals surface area contributed by atoms with Crippen LogP contribution in [0.25, 0.3) is 115 Å². The smallest absolute Gasteiger partial charge is 0.0801 e. The van der Waals surface area contributed by atoms with Crippen LogP contribution < -0.4 is 0 Å². The van der Waals surface area contributed by atoms with Crippen LogP contribution in [0.4, 0.5) is 0 Å². The third-order valence-electron chi connectivity index (χ3n) is 11.5. The maximum Gasteiger partial charge on any atom is 0.0801 e. The molecule has 8 aromatic carbocycles. The van der Waals surface area contributed by atoms with Crippen LogP contribution in [-0.4, -0.2) is 19.5 Å². The van der Waals surface area contributed by atoms with Gasteiger partial charge in [-0.25, -0.2) is 0 Å². The second-order valence-corrected chi connectivity index (χ2v) is 14.4. The highest BCUT2D eigenvalue weighted by molar-refractivity contribution is 6.19. The van der Waals surface area contributed by atoms with Gasteiger partial charge in [0, 0.05) is 61.7 Å². The largest absolute Gasteiger partial charge is 0.309 e. The highest BCUT2D eigenvalue weighted by Gasteiger charge is 2.19. The molecular weight excluding hydrogens is 669 g/mol. The molecule has 55 heavy (non-hydrogen) atoms. The van der Waals surface area contributed by atoms with Gasteiger partial charge < -0.3 is 4.57 Å². The molecule has 4 heterocycles. The topological polar surface area (TPSA) is 43.6 Å². The molecule has 0 fully saturated rings. The lowest BCUT2D eigenvalue weighted by molar-refractivity contribution is 1.20. The molecular formula is C51H30N4. The van der Waals surface area contributed by atoms with Crippen LogP contribution in [0.1, 0.15) is 0 Å². The van der Waals surface area contributed by atoms with E-state index in [1.165, 1.54) is 43.4 Å². The molecule has 0 amide bonds. The van der Waals surface area contributed by atoms with Gasteiger partial charge in [0.15, 0.2) is 0 Å². The molecule has 4 heteroatoms. The van der Waals surface area contributed by atoms with Crippen molar-refractivity contribution in [3.05, 3.63) is 182 Å². The normalized spacial score (nSPS) is 12.0. The van der Waals surface area contributed by atoms with Crippen LogP contribution in [-0.2, 0) is 0 Å². The van der Waals surface area contributed by atoms with Gasteiger partial charge in [-0.3, -0.25) is 15.0 Å². The van der Waals surface area contributed by atoms with Crippen LogP contribution >= 0.6 is 0 Å². The molecule has 12 aromatic rings. The lowest BCUT2D eigenvalue weighted by Crippen LogP contribution is -1.96. The minimum absolute atomic E-state index is 1.00. The second-order valence-electron chi connectivity index (χ2n) is 14.4. The molecule has 0 atom stereocenters. The van der Waals surface area contributed by atoms with Crippen molar-refractivity contribution in [3.63, 3.8) is 0 Å². The van der Waals surface area contributed by atoms with Crippen LogP contribution in [0.3, 0.4) is 0 Å². The lowest BCUT2D eigenvalue weighted by atomic mass is 9.94. The number of pyridine rings is 3. The van der Waals surface area contributed by atoms with E-state index in [4.69, 9.17) is 15.0 Å². The Morgan fingerprint density at radius 2 is 0.727 bits per heavy atom. The molecule has 0 aliphatic rings. The number of hydrogen-bond acceptors (Lipinski definition) is 3. The van der Waals surface area contributed by atoms with Crippen LogP contribution in [0.2, 0.25) is 0 Å². The molecule has 0 saturated carbocycles. The van der Waals surface area contributed by atoms with E-state index in [1.54, 1.807) is 0 Å². The van der Waals surface area contributed by atoms with Crippen molar-refractivity contribution in [2.45, 2.75) is 0 Å². The van der Waals surface area contributed by atoms with Gasteiger partial charge in [-0.2, -0.15) is 0 Å². The fourth-order valence-electron chi connectivity index (χ4n) is 9.01. The van der Waals surface area contributed by atoms with E-state index >= 15 is 0 Å². The minimum Gasteiger partial charge on any atom is -0.309 e. The zero-order chi connectivity index (χ0) is 36.0.